The minimum Gasteiger partial charge on any atom is -0.495 e. The van der Waals surface area contributed by atoms with Gasteiger partial charge in [-0.05, 0) is 36.8 Å². The summed E-state index contributed by atoms with van der Waals surface area (Å²) in [7, 11) is 1.56. The third-order valence-corrected chi connectivity index (χ3v) is 3.84. The van der Waals surface area contributed by atoms with Crippen LogP contribution in [0.3, 0.4) is 0 Å². The number of para-hydroxylation sites is 1. The molecule has 108 valence electrons. The summed E-state index contributed by atoms with van der Waals surface area (Å²) in [6.07, 6.45) is 0. The number of anilines is 1. The van der Waals surface area contributed by atoms with Gasteiger partial charge in [0.15, 0.2) is 0 Å². The fourth-order valence-corrected chi connectivity index (χ4v) is 2.78. The topological polar surface area (TPSA) is 45.0 Å². The Morgan fingerprint density at radius 3 is 2.71 bits per heavy atom. The van der Waals surface area contributed by atoms with Crippen molar-refractivity contribution in [2.45, 2.75) is 13.0 Å². The van der Waals surface area contributed by atoms with Gasteiger partial charge in [0, 0.05) is 10.5 Å². The van der Waals surface area contributed by atoms with Gasteiger partial charge in [-0.2, -0.15) is 5.26 Å². The highest BCUT2D eigenvalue weighted by atomic mass is 79.9. The minimum atomic E-state index is -0.298. The highest BCUT2D eigenvalue weighted by molar-refractivity contribution is 9.10. The SMILES string of the molecule is COc1cccc(C#N)c1NC(C)c1ccc(F)cc1Br. The van der Waals surface area contributed by atoms with E-state index in [-0.39, 0.29) is 11.9 Å². The summed E-state index contributed by atoms with van der Waals surface area (Å²) in [5.41, 5.74) is 2.02. The van der Waals surface area contributed by atoms with Gasteiger partial charge in [-0.25, -0.2) is 4.39 Å². The molecular formula is C16H14BrFN2O. The number of hydrogen-bond acceptors (Lipinski definition) is 3. The van der Waals surface area contributed by atoms with Crippen LogP contribution < -0.4 is 10.1 Å². The second-order valence-corrected chi connectivity index (χ2v) is 5.38. The summed E-state index contributed by atoms with van der Waals surface area (Å²) in [5, 5.41) is 12.5. The molecule has 1 unspecified atom stereocenters. The Kier molecular flexibility index (Phi) is 4.81. The van der Waals surface area contributed by atoms with E-state index in [0.29, 0.717) is 21.5 Å². The lowest BCUT2D eigenvalue weighted by Crippen LogP contribution is -2.10. The highest BCUT2D eigenvalue weighted by Gasteiger charge is 2.15. The first-order valence-electron chi connectivity index (χ1n) is 6.35. The van der Waals surface area contributed by atoms with Crippen LogP contribution in [0.1, 0.15) is 24.1 Å². The molecule has 0 saturated heterocycles. The quantitative estimate of drug-likeness (QED) is 0.875. The van der Waals surface area contributed by atoms with E-state index in [4.69, 9.17) is 4.74 Å². The third-order valence-electron chi connectivity index (χ3n) is 3.16. The van der Waals surface area contributed by atoms with Crippen molar-refractivity contribution in [2.24, 2.45) is 0 Å². The lowest BCUT2D eigenvalue weighted by molar-refractivity contribution is 0.416. The number of nitriles is 1. The molecule has 0 bridgehead atoms. The van der Waals surface area contributed by atoms with Gasteiger partial charge in [0.2, 0.25) is 0 Å². The van der Waals surface area contributed by atoms with Crippen molar-refractivity contribution >= 4 is 21.6 Å². The first kappa shape index (κ1) is 15.3. The molecule has 0 saturated carbocycles. The predicted octanol–water partition coefficient (Wildman–Crippen LogP) is 4.64. The van der Waals surface area contributed by atoms with E-state index < -0.39 is 0 Å². The molecule has 2 rings (SSSR count). The van der Waals surface area contributed by atoms with E-state index in [2.05, 4.69) is 27.3 Å². The molecule has 0 aliphatic rings. The standard InChI is InChI=1S/C16H14BrFN2O/c1-10(13-7-6-12(18)8-14(13)17)20-16-11(9-19)4-3-5-15(16)21-2/h3-8,10,20H,1-2H3. The van der Waals surface area contributed by atoms with Gasteiger partial charge in [0.05, 0.1) is 18.4 Å². The van der Waals surface area contributed by atoms with Crippen molar-refractivity contribution in [1.29, 1.82) is 5.26 Å². The van der Waals surface area contributed by atoms with Gasteiger partial charge in [-0.15, -0.1) is 0 Å². The first-order valence-corrected chi connectivity index (χ1v) is 7.14. The van der Waals surface area contributed by atoms with Crippen molar-refractivity contribution in [3.05, 3.63) is 57.8 Å². The molecule has 0 spiro atoms. The summed E-state index contributed by atoms with van der Waals surface area (Å²) in [4.78, 5) is 0. The van der Waals surface area contributed by atoms with E-state index in [1.807, 2.05) is 6.92 Å². The molecule has 0 heterocycles. The molecule has 21 heavy (non-hydrogen) atoms. The Bertz CT molecular complexity index is 697. The zero-order chi connectivity index (χ0) is 15.4. The molecule has 2 aromatic rings. The summed E-state index contributed by atoms with van der Waals surface area (Å²) in [6, 6.07) is 11.8. The monoisotopic (exact) mass is 348 g/mol. The number of rotatable bonds is 4. The van der Waals surface area contributed by atoms with E-state index in [1.165, 1.54) is 12.1 Å². The number of nitrogens with one attached hydrogen (secondary N) is 1. The second-order valence-electron chi connectivity index (χ2n) is 4.53. The Balaban J connectivity index is 2.36. The third kappa shape index (κ3) is 3.34. The lowest BCUT2D eigenvalue weighted by Gasteiger charge is -2.20. The molecule has 2 aromatic carbocycles. The van der Waals surface area contributed by atoms with Gasteiger partial charge in [-0.3, -0.25) is 0 Å². The molecule has 0 amide bonds. The molecule has 0 aromatic heterocycles. The maximum absolute atomic E-state index is 13.2. The van der Waals surface area contributed by atoms with Crippen LogP contribution in [-0.2, 0) is 0 Å². The molecule has 5 heteroatoms. The van der Waals surface area contributed by atoms with Crippen molar-refractivity contribution < 1.29 is 9.13 Å². The van der Waals surface area contributed by atoms with Crippen LogP contribution in [-0.4, -0.2) is 7.11 Å². The van der Waals surface area contributed by atoms with Crippen LogP contribution >= 0.6 is 15.9 Å². The Labute approximate surface area is 131 Å². The van der Waals surface area contributed by atoms with Crippen LogP contribution in [0, 0.1) is 17.1 Å². The number of halogens is 2. The van der Waals surface area contributed by atoms with E-state index in [1.54, 1.807) is 31.4 Å². The van der Waals surface area contributed by atoms with Gasteiger partial charge in [-0.1, -0.05) is 28.1 Å². The average Bonchev–Trinajstić information content (AvgIpc) is 2.47. The average molecular weight is 349 g/mol. The summed E-state index contributed by atoms with van der Waals surface area (Å²) in [6.45, 7) is 1.94. The number of nitrogens with zero attached hydrogens (tertiary/aromatic N) is 1. The van der Waals surface area contributed by atoms with Gasteiger partial charge in [0.1, 0.15) is 17.6 Å². The van der Waals surface area contributed by atoms with Gasteiger partial charge < -0.3 is 10.1 Å². The molecule has 0 radical (unpaired) electrons. The van der Waals surface area contributed by atoms with Crippen molar-refractivity contribution in [1.82, 2.24) is 0 Å². The largest absolute Gasteiger partial charge is 0.495 e. The number of benzene rings is 2. The Morgan fingerprint density at radius 2 is 2.10 bits per heavy atom. The van der Waals surface area contributed by atoms with Crippen LogP contribution in [0.2, 0.25) is 0 Å². The first-order chi connectivity index (χ1) is 10.1. The molecule has 0 aliphatic carbocycles. The normalized spacial score (nSPS) is 11.6. The second kappa shape index (κ2) is 6.59. The summed E-state index contributed by atoms with van der Waals surface area (Å²) in [5.74, 6) is 0.298. The molecule has 1 N–H and O–H groups in total. The van der Waals surface area contributed by atoms with Crippen molar-refractivity contribution in [3.63, 3.8) is 0 Å². The zero-order valence-corrected chi connectivity index (χ0v) is 13.2. The smallest absolute Gasteiger partial charge is 0.143 e. The van der Waals surface area contributed by atoms with Crippen LogP contribution in [0.25, 0.3) is 0 Å². The maximum atomic E-state index is 13.2. The molecule has 1 atom stereocenters. The van der Waals surface area contributed by atoms with Gasteiger partial charge in [0.25, 0.3) is 0 Å². The maximum Gasteiger partial charge on any atom is 0.143 e. The molecule has 0 aliphatic heterocycles. The highest BCUT2D eigenvalue weighted by Crippen LogP contribution is 2.33. The van der Waals surface area contributed by atoms with Crippen LogP contribution in [0.15, 0.2) is 40.9 Å². The van der Waals surface area contributed by atoms with E-state index in [0.717, 1.165) is 5.56 Å². The minimum absolute atomic E-state index is 0.122. The summed E-state index contributed by atoms with van der Waals surface area (Å²) < 4.78 is 19.1. The van der Waals surface area contributed by atoms with Crippen molar-refractivity contribution in [2.75, 3.05) is 12.4 Å². The number of ether oxygens (including phenoxy) is 1. The zero-order valence-electron chi connectivity index (χ0n) is 11.7. The van der Waals surface area contributed by atoms with Gasteiger partial charge >= 0.3 is 0 Å². The summed E-state index contributed by atoms with van der Waals surface area (Å²) >= 11 is 3.36. The molecular weight excluding hydrogens is 335 g/mol. The van der Waals surface area contributed by atoms with E-state index in [9.17, 15) is 9.65 Å². The number of hydrogen-bond donors (Lipinski definition) is 1. The Hall–Kier alpha value is -2.06. The lowest BCUT2D eigenvalue weighted by atomic mass is 10.1. The molecule has 0 fully saturated rings. The van der Waals surface area contributed by atoms with Crippen LogP contribution in [0.4, 0.5) is 10.1 Å². The van der Waals surface area contributed by atoms with Crippen LogP contribution in [0.5, 0.6) is 5.75 Å². The molecule has 3 nitrogen and oxygen atoms in total. The number of methoxy groups -OCH3 is 1. The van der Waals surface area contributed by atoms with E-state index >= 15 is 0 Å². The fourth-order valence-electron chi connectivity index (χ4n) is 2.09. The fraction of sp³-hybridized carbons (Fsp3) is 0.188. The Morgan fingerprint density at radius 1 is 1.33 bits per heavy atom. The van der Waals surface area contributed by atoms with Crippen molar-refractivity contribution in [3.8, 4) is 11.8 Å². The predicted molar refractivity (Wildman–Crippen MR) is 83.8 cm³/mol.